The van der Waals surface area contributed by atoms with Crippen molar-refractivity contribution in [2.45, 2.75) is 64.0 Å². The molecule has 2 fully saturated rings. The Morgan fingerprint density at radius 1 is 1.33 bits per heavy atom. The van der Waals surface area contributed by atoms with Gasteiger partial charge >= 0.3 is 0 Å². The van der Waals surface area contributed by atoms with Crippen LogP contribution in [0.5, 0.6) is 0 Å². The number of carbonyl (C=O) groups excluding carboxylic acids is 1. The molecule has 0 radical (unpaired) electrons. The summed E-state index contributed by atoms with van der Waals surface area (Å²) in [6, 6.07) is 0.193. The molecule has 21 heavy (non-hydrogen) atoms. The van der Waals surface area contributed by atoms with E-state index in [-0.39, 0.29) is 36.8 Å². The van der Waals surface area contributed by atoms with Crippen molar-refractivity contribution in [1.82, 2.24) is 10.2 Å². The molecule has 3 N–H and O–H groups in total. The number of nitrogens with one attached hydrogen (secondary N) is 1. The number of nitrogens with two attached hydrogens (primary N) is 1. The number of rotatable bonds is 4. The first-order chi connectivity index (χ1) is 8.99. The molecule has 1 aliphatic heterocycles. The number of halogens is 2. The Hall–Kier alpha value is -0.0300. The number of piperidine rings is 1. The highest BCUT2D eigenvalue weighted by molar-refractivity contribution is 5.86. The molecular weight excluding hydrogens is 309 g/mol. The van der Waals surface area contributed by atoms with Gasteiger partial charge in [-0.1, -0.05) is 19.8 Å². The molecule has 1 heterocycles. The van der Waals surface area contributed by atoms with Crippen LogP contribution in [-0.4, -0.2) is 42.0 Å². The van der Waals surface area contributed by atoms with E-state index in [2.05, 4.69) is 24.1 Å². The first-order valence-corrected chi connectivity index (χ1v) is 7.82. The van der Waals surface area contributed by atoms with Gasteiger partial charge in [-0.2, -0.15) is 0 Å². The van der Waals surface area contributed by atoms with Gasteiger partial charge in [0.25, 0.3) is 0 Å². The first-order valence-electron chi connectivity index (χ1n) is 7.82. The Labute approximate surface area is 141 Å². The van der Waals surface area contributed by atoms with Crippen molar-refractivity contribution in [3.05, 3.63) is 0 Å². The fraction of sp³-hybridized carbons (Fsp3) is 0.933. The smallest absolute Gasteiger partial charge is 0.240 e. The predicted octanol–water partition coefficient (Wildman–Crippen LogP) is 2.34. The van der Waals surface area contributed by atoms with Gasteiger partial charge in [-0.3, -0.25) is 4.79 Å². The van der Waals surface area contributed by atoms with E-state index in [9.17, 15) is 4.79 Å². The molecule has 2 atom stereocenters. The van der Waals surface area contributed by atoms with E-state index in [1.165, 1.54) is 12.8 Å². The van der Waals surface area contributed by atoms with Crippen LogP contribution in [0.15, 0.2) is 0 Å². The number of hydrogen-bond donors (Lipinski definition) is 2. The van der Waals surface area contributed by atoms with Crippen molar-refractivity contribution >= 4 is 30.7 Å². The van der Waals surface area contributed by atoms with Crippen LogP contribution in [0.25, 0.3) is 0 Å². The van der Waals surface area contributed by atoms with Gasteiger partial charge < -0.3 is 16.0 Å². The van der Waals surface area contributed by atoms with E-state index in [4.69, 9.17) is 5.73 Å². The number of hydrogen-bond acceptors (Lipinski definition) is 3. The summed E-state index contributed by atoms with van der Waals surface area (Å²) in [7, 11) is 0. The van der Waals surface area contributed by atoms with Crippen molar-refractivity contribution in [2.24, 2.45) is 11.7 Å². The fourth-order valence-electron chi connectivity index (χ4n) is 3.49. The second-order valence-corrected chi connectivity index (χ2v) is 6.74. The lowest BCUT2D eigenvalue weighted by Gasteiger charge is -2.33. The molecule has 4 nitrogen and oxygen atoms in total. The molecule has 2 unspecified atom stereocenters. The van der Waals surface area contributed by atoms with E-state index in [0.717, 1.165) is 51.2 Å². The summed E-state index contributed by atoms with van der Waals surface area (Å²) in [4.78, 5) is 14.7. The molecule has 1 amide bonds. The van der Waals surface area contributed by atoms with Crippen molar-refractivity contribution in [1.29, 1.82) is 0 Å². The highest BCUT2D eigenvalue weighted by atomic mass is 35.5. The van der Waals surface area contributed by atoms with E-state index < -0.39 is 5.54 Å². The maximum absolute atomic E-state index is 12.2. The minimum atomic E-state index is -0.594. The molecule has 1 saturated carbocycles. The molecule has 0 aromatic carbocycles. The fourth-order valence-corrected chi connectivity index (χ4v) is 3.49. The van der Waals surface area contributed by atoms with Gasteiger partial charge in [0.1, 0.15) is 0 Å². The Morgan fingerprint density at radius 3 is 2.52 bits per heavy atom. The lowest BCUT2D eigenvalue weighted by Crippen LogP contribution is -2.56. The summed E-state index contributed by atoms with van der Waals surface area (Å²) in [5.41, 5.74) is 5.59. The van der Waals surface area contributed by atoms with Crippen LogP contribution in [0, 0.1) is 5.92 Å². The molecule has 0 bridgehead atoms. The number of likely N-dealkylation sites (tertiary alicyclic amines) is 1. The van der Waals surface area contributed by atoms with E-state index in [1.54, 1.807) is 0 Å². The second kappa shape index (κ2) is 9.19. The third kappa shape index (κ3) is 5.93. The summed E-state index contributed by atoms with van der Waals surface area (Å²) < 4.78 is 0. The minimum Gasteiger partial charge on any atom is -0.351 e. The summed E-state index contributed by atoms with van der Waals surface area (Å²) in [6.45, 7) is 7.68. The van der Waals surface area contributed by atoms with Gasteiger partial charge in [0, 0.05) is 19.1 Å². The number of nitrogens with zero attached hydrogens (tertiary/aromatic N) is 1. The Bertz CT molecular complexity index is 322. The van der Waals surface area contributed by atoms with Gasteiger partial charge in [-0.15, -0.1) is 24.8 Å². The maximum atomic E-state index is 12.2. The zero-order chi connectivity index (χ0) is 13.9. The minimum absolute atomic E-state index is 0. The Morgan fingerprint density at radius 2 is 1.95 bits per heavy atom. The van der Waals surface area contributed by atoms with Crippen LogP contribution in [0.4, 0.5) is 0 Å². The van der Waals surface area contributed by atoms with Gasteiger partial charge in [-0.05, 0) is 45.1 Å². The monoisotopic (exact) mass is 339 g/mol. The van der Waals surface area contributed by atoms with Crippen molar-refractivity contribution in [2.75, 3.05) is 19.6 Å². The molecule has 0 aromatic rings. The van der Waals surface area contributed by atoms with Crippen molar-refractivity contribution in [3.8, 4) is 0 Å². The molecule has 126 valence electrons. The average molecular weight is 340 g/mol. The standard InChI is InChI=1S/C15H29N3O.2ClH/c1-12-6-5-9-18(10-12)11-13(2)17-14(19)15(16)7-3-4-8-15;;/h12-13H,3-11,16H2,1-2H3,(H,17,19);2*1H. The maximum Gasteiger partial charge on any atom is 0.240 e. The molecule has 0 spiro atoms. The predicted molar refractivity (Wildman–Crippen MR) is 92.3 cm³/mol. The molecule has 6 heteroatoms. The SMILES string of the molecule is CC1CCCN(CC(C)NC(=O)C2(N)CCCC2)C1.Cl.Cl. The molecule has 1 aliphatic carbocycles. The quantitative estimate of drug-likeness (QED) is 0.826. The zero-order valence-corrected chi connectivity index (χ0v) is 14.9. The zero-order valence-electron chi connectivity index (χ0n) is 13.3. The summed E-state index contributed by atoms with van der Waals surface area (Å²) in [5.74, 6) is 0.842. The molecule has 2 rings (SSSR count). The highest BCUT2D eigenvalue weighted by Crippen LogP contribution is 2.27. The van der Waals surface area contributed by atoms with Gasteiger partial charge in [0.05, 0.1) is 5.54 Å². The lowest BCUT2D eigenvalue weighted by atomic mass is 9.97. The van der Waals surface area contributed by atoms with Gasteiger partial charge in [-0.25, -0.2) is 0 Å². The third-order valence-corrected chi connectivity index (χ3v) is 4.60. The van der Waals surface area contributed by atoms with Crippen LogP contribution in [0.3, 0.4) is 0 Å². The van der Waals surface area contributed by atoms with Crippen LogP contribution in [0.1, 0.15) is 52.4 Å². The van der Waals surface area contributed by atoms with E-state index in [0.29, 0.717) is 0 Å². The van der Waals surface area contributed by atoms with Gasteiger partial charge in [0.15, 0.2) is 0 Å². The average Bonchev–Trinajstić information content (AvgIpc) is 2.77. The largest absolute Gasteiger partial charge is 0.351 e. The van der Waals surface area contributed by atoms with Crippen LogP contribution >= 0.6 is 24.8 Å². The Kier molecular flexibility index (Phi) is 9.17. The van der Waals surface area contributed by atoms with Crippen LogP contribution < -0.4 is 11.1 Å². The lowest BCUT2D eigenvalue weighted by molar-refractivity contribution is -0.126. The number of amides is 1. The van der Waals surface area contributed by atoms with Crippen LogP contribution in [-0.2, 0) is 4.79 Å². The van der Waals surface area contributed by atoms with E-state index in [1.807, 2.05) is 0 Å². The number of carbonyl (C=O) groups is 1. The Balaban J connectivity index is 0.00000200. The molecule has 1 saturated heterocycles. The molecular formula is C15H31Cl2N3O. The highest BCUT2D eigenvalue weighted by Gasteiger charge is 2.37. The topological polar surface area (TPSA) is 58.4 Å². The second-order valence-electron chi connectivity index (χ2n) is 6.74. The third-order valence-electron chi connectivity index (χ3n) is 4.60. The summed E-state index contributed by atoms with van der Waals surface area (Å²) in [6.07, 6.45) is 6.47. The van der Waals surface area contributed by atoms with Crippen molar-refractivity contribution < 1.29 is 4.79 Å². The van der Waals surface area contributed by atoms with Crippen LogP contribution in [0.2, 0.25) is 0 Å². The summed E-state index contributed by atoms with van der Waals surface area (Å²) >= 11 is 0. The van der Waals surface area contributed by atoms with E-state index >= 15 is 0 Å². The molecule has 0 aromatic heterocycles. The normalized spacial score (nSPS) is 26.3. The first kappa shape index (κ1) is 21.0. The summed E-state index contributed by atoms with van der Waals surface area (Å²) in [5, 5.41) is 3.12. The van der Waals surface area contributed by atoms with Crippen molar-refractivity contribution in [3.63, 3.8) is 0 Å². The molecule has 2 aliphatic rings. The van der Waals surface area contributed by atoms with Gasteiger partial charge in [0.2, 0.25) is 5.91 Å².